The first-order valence-electron chi connectivity index (χ1n) is 3.64. The van der Waals surface area contributed by atoms with Gasteiger partial charge in [0.05, 0.1) is 16.2 Å². The first-order chi connectivity index (χ1) is 6.99. The van der Waals surface area contributed by atoms with E-state index in [0.717, 1.165) is 0 Å². The van der Waals surface area contributed by atoms with Crippen molar-refractivity contribution in [2.24, 2.45) is 0 Å². The summed E-state index contributed by atoms with van der Waals surface area (Å²) >= 11 is 2.84. The fourth-order valence-electron chi connectivity index (χ4n) is 0.985. The van der Waals surface area contributed by atoms with Crippen molar-refractivity contribution in [2.75, 3.05) is 0 Å². The Labute approximate surface area is 90.4 Å². The summed E-state index contributed by atoms with van der Waals surface area (Å²) in [5.41, 5.74) is -2.32. The second kappa shape index (κ2) is 4.56. The number of halogens is 4. The molecule has 0 atom stereocenters. The van der Waals surface area contributed by atoms with Crippen LogP contribution in [-0.2, 0) is 5.33 Å². The largest absolute Gasteiger partial charge is 0.323 e. The maximum absolute atomic E-state index is 13.2. The molecule has 0 bridgehead atoms. The van der Waals surface area contributed by atoms with Crippen LogP contribution in [-0.4, -0.2) is 9.91 Å². The van der Waals surface area contributed by atoms with Crippen molar-refractivity contribution in [2.45, 2.75) is 11.8 Å². The average Bonchev–Trinajstić information content (AvgIpc) is 2.15. The van der Waals surface area contributed by atoms with Gasteiger partial charge in [0.25, 0.3) is 6.43 Å². The number of alkyl halides is 3. The van der Waals surface area contributed by atoms with Crippen LogP contribution in [0.2, 0.25) is 0 Å². The normalized spacial score (nSPS) is 10.7. The second-order valence-corrected chi connectivity index (χ2v) is 3.07. The van der Waals surface area contributed by atoms with Gasteiger partial charge in [-0.3, -0.25) is 15.1 Å². The summed E-state index contributed by atoms with van der Waals surface area (Å²) in [4.78, 5) is 12.6. The summed E-state index contributed by atoms with van der Waals surface area (Å²) in [6.07, 6.45) is -2.51. The van der Waals surface area contributed by atoms with Crippen molar-refractivity contribution in [3.05, 3.63) is 33.4 Å². The van der Waals surface area contributed by atoms with E-state index in [2.05, 4.69) is 20.9 Å². The summed E-state index contributed by atoms with van der Waals surface area (Å²) < 4.78 is 38.0. The second-order valence-electron chi connectivity index (χ2n) is 2.51. The van der Waals surface area contributed by atoms with Gasteiger partial charge >= 0.3 is 5.69 Å². The van der Waals surface area contributed by atoms with Crippen LogP contribution in [0.15, 0.2) is 6.20 Å². The molecule has 1 rings (SSSR count). The smallest absolute Gasteiger partial charge is 0.258 e. The zero-order valence-electron chi connectivity index (χ0n) is 7.08. The van der Waals surface area contributed by atoms with Gasteiger partial charge in [-0.15, -0.1) is 0 Å². The Hall–Kier alpha value is -1.18. The molecule has 1 aromatic heterocycles. The Morgan fingerprint density at radius 1 is 1.60 bits per heavy atom. The monoisotopic (exact) mass is 284 g/mol. The minimum atomic E-state index is -3.13. The minimum absolute atomic E-state index is 0.0956. The highest BCUT2D eigenvalue weighted by Crippen LogP contribution is 2.30. The Balaban J connectivity index is 3.42. The number of nitro groups is 1. The molecule has 1 aromatic rings. The number of rotatable bonds is 3. The van der Waals surface area contributed by atoms with Gasteiger partial charge in [-0.1, -0.05) is 15.9 Å². The molecule has 0 radical (unpaired) electrons. The van der Waals surface area contributed by atoms with E-state index in [-0.39, 0.29) is 11.0 Å². The van der Waals surface area contributed by atoms with E-state index in [1.807, 2.05) is 0 Å². The van der Waals surface area contributed by atoms with Crippen molar-refractivity contribution in [3.8, 4) is 0 Å². The molecular formula is C7H4BrF3N2O2. The molecule has 0 aromatic carbocycles. The lowest BCUT2D eigenvalue weighted by atomic mass is 10.2. The predicted molar refractivity (Wildman–Crippen MR) is 48.4 cm³/mol. The van der Waals surface area contributed by atoms with E-state index in [1.54, 1.807) is 0 Å². The van der Waals surface area contributed by atoms with Crippen LogP contribution in [0.3, 0.4) is 0 Å². The molecule has 0 N–H and O–H groups in total. The summed E-state index contributed by atoms with van der Waals surface area (Å²) in [6.45, 7) is 0. The van der Waals surface area contributed by atoms with E-state index in [1.165, 1.54) is 0 Å². The van der Waals surface area contributed by atoms with Crippen LogP contribution in [0.5, 0.6) is 0 Å². The average molecular weight is 285 g/mol. The topological polar surface area (TPSA) is 56.0 Å². The molecule has 0 aliphatic rings. The molecular weight excluding hydrogens is 281 g/mol. The Morgan fingerprint density at radius 3 is 2.60 bits per heavy atom. The van der Waals surface area contributed by atoms with Gasteiger partial charge in [-0.25, -0.2) is 8.78 Å². The molecule has 0 aliphatic heterocycles. The fourth-order valence-corrected chi connectivity index (χ4v) is 1.43. The molecule has 0 amide bonds. The summed E-state index contributed by atoms with van der Waals surface area (Å²) in [6, 6.07) is 0. The van der Waals surface area contributed by atoms with Crippen molar-refractivity contribution in [1.29, 1.82) is 0 Å². The van der Waals surface area contributed by atoms with E-state index in [9.17, 15) is 23.3 Å². The van der Waals surface area contributed by atoms with Gasteiger partial charge in [0.2, 0.25) is 5.82 Å². The molecule has 0 saturated heterocycles. The van der Waals surface area contributed by atoms with Gasteiger partial charge < -0.3 is 0 Å². The summed E-state index contributed by atoms with van der Waals surface area (Å²) in [5, 5.41) is 10.2. The van der Waals surface area contributed by atoms with Crippen LogP contribution in [0.25, 0.3) is 0 Å². The maximum atomic E-state index is 13.2. The third-order valence-electron chi connectivity index (χ3n) is 1.66. The summed E-state index contributed by atoms with van der Waals surface area (Å²) in [5.74, 6) is -1.53. The van der Waals surface area contributed by atoms with Crippen LogP contribution < -0.4 is 0 Å². The van der Waals surface area contributed by atoms with Crippen LogP contribution >= 0.6 is 15.9 Å². The number of pyridine rings is 1. The molecule has 0 fully saturated rings. The highest BCUT2D eigenvalue weighted by Gasteiger charge is 2.27. The molecule has 1 heterocycles. The molecule has 82 valence electrons. The van der Waals surface area contributed by atoms with Crippen LogP contribution in [0, 0.1) is 15.9 Å². The number of hydrogen-bond donors (Lipinski definition) is 0. The number of nitrogens with zero attached hydrogens (tertiary/aromatic N) is 2. The minimum Gasteiger partial charge on any atom is -0.258 e. The van der Waals surface area contributed by atoms with Crippen molar-refractivity contribution in [3.63, 3.8) is 0 Å². The third kappa shape index (κ3) is 2.25. The van der Waals surface area contributed by atoms with Gasteiger partial charge in [0, 0.05) is 5.33 Å². The lowest BCUT2D eigenvalue weighted by Gasteiger charge is -2.06. The van der Waals surface area contributed by atoms with E-state index in [4.69, 9.17) is 0 Å². The molecule has 0 spiro atoms. The highest BCUT2D eigenvalue weighted by molar-refractivity contribution is 9.08. The Morgan fingerprint density at radius 2 is 2.20 bits per heavy atom. The quantitative estimate of drug-likeness (QED) is 0.487. The van der Waals surface area contributed by atoms with E-state index >= 15 is 0 Å². The first kappa shape index (κ1) is 11.9. The van der Waals surface area contributed by atoms with Crippen molar-refractivity contribution in [1.82, 2.24) is 4.98 Å². The fraction of sp³-hybridized carbons (Fsp3) is 0.286. The molecule has 8 heteroatoms. The standard InChI is InChI=1S/C7H4BrF3N2O2/c8-1-3-5(7(10)11)6(9)4(2-12-3)13(14)15/h2,7H,1H2. The van der Waals surface area contributed by atoms with Gasteiger partial charge in [-0.2, -0.15) is 4.39 Å². The lowest BCUT2D eigenvalue weighted by Crippen LogP contribution is -2.04. The number of hydrogen-bond acceptors (Lipinski definition) is 3. The van der Waals surface area contributed by atoms with Gasteiger partial charge in [0.15, 0.2) is 0 Å². The third-order valence-corrected chi connectivity index (χ3v) is 2.19. The molecule has 4 nitrogen and oxygen atoms in total. The first-order valence-corrected chi connectivity index (χ1v) is 4.77. The molecule has 0 aliphatic carbocycles. The molecule has 0 unspecified atom stereocenters. The van der Waals surface area contributed by atoms with Crippen LogP contribution in [0.1, 0.15) is 17.7 Å². The van der Waals surface area contributed by atoms with E-state index < -0.39 is 28.4 Å². The highest BCUT2D eigenvalue weighted by atomic mass is 79.9. The molecule has 15 heavy (non-hydrogen) atoms. The summed E-state index contributed by atoms with van der Waals surface area (Å²) in [7, 11) is 0. The zero-order valence-corrected chi connectivity index (χ0v) is 8.67. The van der Waals surface area contributed by atoms with Crippen LogP contribution in [0.4, 0.5) is 18.9 Å². The Bertz CT molecular complexity index is 400. The molecule has 0 saturated carbocycles. The van der Waals surface area contributed by atoms with Gasteiger partial charge in [-0.05, 0) is 0 Å². The lowest BCUT2D eigenvalue weighted by molar-refractivity contribution is -0.388. The van der Waals surface area contributed by atoms with Gasteiger partial charge in [0.1, 0.15) is 6.20 Å². The SMILES string of the molecule is O=[N+]([O-])c1cnc(CBr)c(C(F)F)c1F. The Kier molecular flexibility index (Phi) is 3.61. The number of aromatic nitrogens is 1. The maximum Gasteiger partial charge on any atom is 0.323 e. The zero-order chi connectivity index (χ0) is 11.6. The van der Waals surface area contributed by atoms with Crippen molar-refractivity contribution < 1.29 is 18.1 Å². The van der Waals surface area contributed by atoms with E-state index in [0.29, 0.717) is 6.20 Å². The predicted octanol–water partition coefficient (Wildman–Crippen LogP) is 2.96. The van der Waals surface area contributed by atoms with Crippen molar-refractivity contribution >= 4 is 21.6 Å².